The van der Waals surface area contributed by atoms with Gasteiger partial charge in [0.05, 0.1) is 18.8 Å². The van der Waals surface area contributed by atoms with Gasteiger partial charge in [0.15, 0.2) is 0 Å². The Balaban J connectivity index is 1.72. The normalized spacial score (nSPS) is 28.7. The van der Waals surface area contributed by atoms with E-state index in [2.05, 4.69) is 37.6 Å². The average molecular weight is 362 g/mol. The molecule has 0 bridgehead atoms. The van der Waals surface area contributed by atoms with Crippen molar-refractivity contribution in [3.05, 3.63) is 30.1 Å². The summed E-state index contributed by atoms with van der Waals surface area (Å²) in [5.74, 6) is 0.690. The number of hydrogen-bond acceptors (Lipinski definition) is 6. The van der Waals surface area contributed by atoms with Crippen molar-refractivity contribution < 1.29 is 19.0 Å². The first kappa shape index (κ1) is 19.3. The molecule has 144 valence electrons. The molecule has 0 radical (unpaired) electrons. The van der Waals surface area contributed by atoms with Gasteiger partial charge in [-0.05, 0) is 36.8 Å². The monoisotopic (exact) mass is 362 g/mol. The molecule has 0 aromatic carbocycles. The Bertz CT molecular complexity index is 583. The summed E-state index contributed by atoms with van der Waals surface area (Å²) in [5.41, 5.74) is 0.0718. The summed E-state index contributed by atoms with van der Waals surface area (Å²) >= 11 is 0. The maximum Gasteiger partial charge on any atom is 0.339 e. The molecule has 0 N–H and O–H groups in total. The Kier molecular flexibility index (Phi) is 5.95. The summed E-state index contributed by atoms with van der Waals surface area (Å²) in [6.45, 7) is 10.1. The Morgan fingerprint density at radius 3 is 2.35 bits per heavy atom. The van der Waals surface area contributed by atoms with Crippen LogP contribution in [0, 0.1) is 11.8 Å². The van der Waals surface area contributed by atoms with Gasteiger partial charge < -0.3 is 14.2 Å². The van der Waals surface area contributed by atoms with Gasteiger partial charge in [0.1, 0.15) is 24.6 Å². The van der Waals surface area contributed by atoms with Crippen molar-refractivity contribution in [3.8, 4) is 0 Å². The van der Waals surface area contributed by atoms with E-state index in [9.17, 15) is 4.79 Å². The zero-order chi connectivity index (χ0) is 18.7. The first-order valence-electron chi connectivity index (χ1n) is 9.50. The molecule has 6 nitrogen and oxygen atoms in total. The highest BCUT2D eigenvalue weighted by atomic mass is 16.6. The predicted octanol–water partition coefficient (Wildman–Crippen LogP) is 3.08. The third-order valence-corrected chi connectivity index (χ3v) is 4.97. The summed E-state index contributed by atoms with van der Waals surface area (Å²) in [7, 11) is 0. The summed E-state index contributed by atoms with van der Waals surface area (Å²) in [5, 5.41) is 0. The molecule has 2 unspecified atom stereocenters. The topological polar surface area (TPSA) is 60.9 Å². The molecule has 2 fully saturated rings. The van der Waals surface area contributed by atoms with Gasteiger partial charge in [-0.3, -0.25) is 4.98 Å². The van der Waals surface area contributed by atoms with Gasteiger partial charge in [-0.25, -0.2) is 9.69 Å². The van der Waals surface area contributed by atoms with Crippen LogP contribution in [0.4, 0.5) is 0 Å². The number of carbonyl (C=O) groups excluding carboxylic acids is 1. The zero-order valence-electron chi connectivity index (χ0n) is 16.2. The molecule has 3 rings (SSSR count). The minimum absolute atomic E-state index is 0.0124. The SMILES string of the molecule is CC(C)CC1OCC2(COC(=O)c3cccnc3)COC(CC(C)C)N12. The summed E-state index contributed by atoms with van der Waals surface area (Å²) in [4.78, 5) is 18.6. The van der Waals surface area contributed by atoms with Gasteiger partial charge in [-0.2, -0.15) is 0 Å². The van der Waals surface area contributed by atoms with Crippen molar-refractivity contribution in [2.24, 2.45) is 11.8 Å². The van der Waals surface area contributed by atoms with Gasteiger partial charge in [-0.1, -0.05) is 27.7 Å². The third kappa shape index (κ3) is 4.08. The van der Waals surface area contributed by atoms with Crippen LogP contribution >= 0.6 is 0 Å². The van der Waals surface area contributed by atoms with E-state index < -0.39 is 5.54 Å². The number of carbonyl (C=O) groups is 1. The molecule has 6 heteroatoms. The molecule has 26 heavy (non-hydrogen) atoms. The fourth-order valence-corrected chi connectivity index (χ4v) is 3.74. The summed E-state index contributed by atoms with van der Waals surface area (Å²) < 4.78 is 17.9. The smallest absolute Gasteiger partial charge is 0.339 e. The number of nitrogens with zero attached hydrogens (tertiary/aromatic N) is 2. The molecule has 1 aromatic rings. The largest absolute Gasteiger partial charge is 0.460 e. The van der Waals surface area contributed by atoms with Crippen LogP contribution in [-0.4, -0.2) is 53.7 Å². The number of hydrogen-bond donors (Lipinski definition) is 0. The lowest BCUT2D eigenvalue weighted by Gasteiger charge is -2.34. The van der Waals surface area contributed by atoms with Crippen molar-refractivity contribution in [1.82, 2.24) is 9.88 Å². The molecule has 0 amide bonds. The number of aromatic nitrogens is 1. The fraction of sp³-hybridized carbons (Fsp3) is 0.700. The highest BCUT2D eigenvalue weighted by Crippen LogP contribution is 2.40. The van der Waals surface area contributed by atoms with Gasteiger partial charge in [0.25, 0.3) is 0 Å². The first-order chi connectivity index (χ1) is 12.4. The third-order valence-electron chi connectivity index (χ3n) is 4.97. The molecule has 0 spiro atoms. The molecular weight excluding hydrogens is 332 g/mol. The van der Waals surface area contributed by atoms with Crippen molar-refractivity contribution in [2.45, 2.75) is 58.5 Å². The van der Waals surface area contributed by atoms with Gasteiger partial charge in [0.2, 0.25) is 0 Å². The first-order valence-corrected chi connectivity index (χ1v) is 9.50. The average Bonchev–Trinajstić information content (AvgIpc) is 3.12. The fourth-order valence-electron chi connectivity index (χ4n) is 3.74. The Morgan fingerprint density at radius 2 is 1.85 bits per heavy atom. The minimum Gasteiger partial charge on any atom is -0.460 e. The molecule has 2 atom stereocenters. The quantitative estimate of drug-likeness (QED) is 0.695. The van der Waals surface area contributed by atoms with Gasteiger partial charge in [-0.15, -0.1) is 0 Å². The van der Waals surface area contributed by atoms with Crippen LogP contribution in [0.5, 0.6) is 0 Å². The van der Waals surface area contributed by atoms with E-state index in [-0.39, 0.29) is 25.0 Å². The maximum atomic E-state index is 12.3. The Hall–Kier alpha value is -1.50. The predicted molar refractivity (Wildman–Crippen MR) is 97.5 cm³/mol. The Morgan fingerprint density at radius 1 is 1.23 bits per heavy atom. The van der Waals surface area contributed by atoms with Crippen LogP contribution in [0.3, 0.4) is 0 Å². The van der Waals surface area contributed by atoms with Crippen LogP contribution in [0.15, 0.2) is 24.5 Å². The lowest BCUT2D eigenvalue weighted by atomic mass is 10.00. The van der Waals surface area contributed by atoms with Crippen molar-refractivity contribution in [2.75, 3.05) is 19.8 Å². The van der Waals surface area contributed by atoms with Crippen LogP contribution in [0.25, 0.3) is 0 Å². The summed E-state index contributed by atoms with van der Waals surface area (Å²) in [6, 6.07) is 3.44. The summed E-state index contributed by atoms with van der Waals surface area (Å²) in [6.07, 6.45) is 5.07. The molecule has 0 aliphatic carbocycles. The highest BCUT2D eigenvalue weighted by Gasteiger charge is 2.56. The highest BCUT2D eigenvalue weighted by molar-refractivity contribution is 5.88. The van der Waals surface area contributed by atoms with E-state index in [4.69, 9.17) is 14.2 Å². The molecule has 2 saturated heterocycles. The molecule has 3 heterocycles. The van der Waals surface area contributed by atoms with Crippen LogP contribution < -0.4 is 0 Å². The van der Waals surface area contributed by atoms with E-state index in [1.807, 2.05) is 0 Å². The zero-order valence-corrected chi connectivity index (χ0v) is 16.2. The number of pyridine rings is 1. The van der Waals surface area contributed by atoms with Crippen molar-refractivity contribution in [1.29, 1.82) is 0 Å². The second kappa shape index (κ2) is 8.03. The minimum atomic E-state index is -0.392. The maximum absolute atomic E-state index is 12.3. The second-order valence-corrected chi connectivity index (χ2v) is 8.24. The lowest BCUT2D eigenvalue weighted by Crippen LogP contribution is -2.52. The Labute approximate surface area is 155 Å². The molecule has 0 saturated carbocycles. The van der Waals surface area contributed by atoms with Gasteiger partial charge >= 0.3 is 5.97 Å². The molecule has 2 aliphatic heterocycles. The van der Waals surface area contributed by atoms with Crippen LogP contribution in [0.1, 0.15) is 50.9 Å². The number of esters is 1. The van der Waals surface area contributed by atoms with Crippen LogP contribution in [0.2, 0.25) is 0 Å². The molecule has 2 aliphatic rings. The van der Waals surface area contributed by atoms with Crippen molar-refractivity contribution in [3.63, 3.8) is 0 Å². The van der Waals surface area contributed by atoms with E-state index >= 15 is 0 Å². The van der Waals surface area contributed by atoms with Crippen LogP contribution in [-0.2, 0) is 14.2 Å². The number of rotatable bonds is 7. The lowest BCUT2D eigenvalue weighted by molar-refractivity contribution is -0.0739. The van der Waals surface area contributed by atoms with E-state index in [1.165, 1.54) is 6.20 Å². The standard InChI is InChI=1S/C20H30N2O4/c1-14(2)8-17-22-18(9-15(3)4)25-12-20(22,11-24-17)13-26-19(23)16-6-5-7-21-10-16/h5-7,10,14-15,17-18H,8-9,11-13H2,1-4H3. The van der Waals surface area contributed by atoms with E-state index in [1.54, 1.807) is 18.3 Å². The second-order valence-electron chi connectivity index (χ2n) is 8.24. The molecular formula is C20H30N2O4. The van der Waals surface area contributed by atoms with E-state index in [0.717, 1.165) is 12.8 Å². The number of ether oxygens (including phenoxy) is 3. The van der Waals surface area contributed by atoms with E-state index in [0.29, 0.717) is 30.6 Å². The van der Waals surface area contributed by atoms with Gasteiger partial charge in [0, 0.05) is 12.4 Å². The number of fused-ring (bicyclic) bond motifs is 1. The van der Waals surface area contributed by atoms with Crippen molar-refractivity contribution >= 4 is 5.97 Å². The molecule has 1 aromatic heterocycles.